The average Bonchev–Trinajstić information content (AvgIpc) is 2.44. The van der Waals surface area contributed by atoms with Gasteiger partial charge in [-0.1, -0.05) is 57.2 Å². The first-order valence-electron chi connectivity index (χ1n) is 7.18. The van der Waals surface area contributed by atoms with Crippen molar-refractivity contribution in [2.45, 2.75) is 39.3 Å². The van der Waals surface area contributed by atoms with Crippen LogP contribution in [0.2, 0.25) is 0 Å². The molecule has 3 atom stereocenters. The van der Waals surface area contributed by atoms with E-state index in [-0.39, 0.29) is 18.7 Å². The van der Waals surface area contributed by atoms with Crippen molar-refractivity contribution in [1.82, 2.24) is 5.32 Å². The highest BCUT2D eigenvalue weighted by molar-refractivity contribution is 5.21. The van der Waals surface area contributed by atoms with Crippen LogP contribution in [-0.4, -0.2) is 17.8 Å². The minimum absolute atomic E-state index is 0.110. The zero-order chi connectivity index (χ0) is 14.3. The van der Waals surface area contributed by atoms with Crippen LogP contribution in [0.5, 0.6) is 0 Å². The third-order valence-corrected chi connectivity index (χ3v) is 3.76. The van der Waals surface area contributed by atoms with E-state index >= 15 is 0 Å². The van der Waals surface area contributed by atoms with Gasteiger partial charge < -0.3 is 10.4 Å². The molecule has 0 heterocycles. The second-order valence-corrected chi connectivity index (χ2v) is 5.40. The van der Waals surface area contributed by atoms with E-state index in [0.717, 1.165) is 6.42 Å². The molecule has 0 aliphatic heterocycles. The molecule has 1 aromatic rings. The van der Waals surface area contributed by atoms with Crippen molar-refractivity contribution in [2.24, 2.45) is 11.8 Å². The van der Waals surface area contributed by atoms with Crippen LogP contribution >= 0.6 is 0 Å². The van der Waals surface area contributed by atoms with Gasteiger partial charge in [0.15, 0.2) is 0 Å². The van der Waals surface area contributed by atoms with Gasteiger partial charge in [-0.2, -0.15) is 0 Å². The largest absolute Gasteiger partial charge is 0.395 e. The molecular weight excluding hydrogens is 234 g/mol. The monoisotopic (exact) mass is 261 g/mol. The zero-order valence-electron chi connectivity index (χ0n) is 12.3. The lowest BCUT2D eigenvalue weighted by atomic mass is 9.89. The second-order valence-electron chi connectivity index (χ2n) is 5.40. The molecular formula is C17H27NO. The Morgan fingerprint density at radius 3 is 2.32 bits per heavy atom. The molecule has 0 bridgehead atoms. The first-order chi connectivity index (χ1) is 9.13. The quantitative estimate of drug-likeness (QED) is 0.701. The van der Waals surface area contributed by atoms with Gasteiger partial charge in [0, 0.05) is 12.1 Å². The fourth-order valence-electron chi connectivity index (χ4n) is 2.35. The standard InChI is InChI=1S/C17H27NO/c1-5-14(6-2)17(15-10-8-7-9-11-15)18-16(12-19)13(3)4/h5,7-11,13-14,16-19H,1,6,12H2,2-4H3/t14?,16-,17+/m1/s1. The molecule has 2 N–H and O–H groups in total. The molecule has 0 saturated heterocycles. The van der Waals surface area contributed by atoms with Gasteiger partial charge in [0.25, 0.3) is 0 Å². The van der Waals surface area contributed by atoms with Crippen molar-refractivity contribution in [3.8, 4) is 0 Å². The summed E-state index contributed by atoms with van der Waals surface area (Å²) in [6, 6.07) is 10.7. The highest BCUT2D eigenvalue weighted by Crippen LogP contribution is 2.26. The minimum atomic E-state index is 0.110. The van der Waals surface area contributed by atoms with Crippen molar-refractivity contribution in [2.75, 3.05) is 6.61 Å². The number of rotatable bonds is 8. The normalized spacial score (nSPS) is 16.1. The minimum Gasteiger partial charge on any atom is -0.395 e. The fourth-order valence-corrected chi connectivity index (χ4v) is 2.35. The van der Waals surface area contributed by atoms with Crippen molar-refractivity contribution in [3.05, 3.63) is 48.6 Å². The number of aliphatic hydroxyl groups is 1. The molecule has 0 spiro atoms. The molecule has 0 aromatic heterocycles. The number of hydrogen-bond acceptors (Lipinski definition) is 2. The molecule has 0 aliphatic rings. The molecule has 0 amide bonds. The summed E-state index contributed by atoms with van der Waals surface area (Å²) in [7, 11) is 0. The Balaban J connectivity index is 2.96. The number of nitrogens with one attached hydrogen (secondary N) is 1. The van der Waals surface area contributed by atoms with Crippen molar-refractivity contribution in [3.63, 3.8) is 0 Å². The zero-order valence-corrected chi connectivity index (χ0v) is 12.3. The van der Waals surface area contributed by atoms with Crippen LogP contribution in [0.15, 0.2) is 43.0 Å². The van der Waals surface area contributed by atoms with Crippen LogP contribution in [-0.2, 0) is 0 Å². The Morgan fingerprint density at radius 2 is 1.89 bits per heavy atom. The summed E-state index contributed by atoms with van der Waals surface area (Å²) in [5, 5.41) is 13.1. The van der Waals surface area contributed by atoms with Crippen LogP contribution in [0.4, 0.5) is 0 Å². The van der Waals surface area contributed by atoms with Crippen LogP contribution in [0.3, 0.4) is 0 Å². The first-order valence-corrected chi connectivity index (χ1v) is 7.18. The molecule has 106 valence electrons. The Bertz CT molecular complexity index is 361. The predicted molar refractivity (Wildman–Crippen MR) is 82.0 cm³/mol. The SMILES string of the molecule is C=CC(CC)[C@H](N[C@H](CO)C(C)C)c1ccccc1. The lowest BCUT2D eigenvalue weighted by Gasteiger charge is -2.31. The van der Waals surface area contributed by atoms with Crippen molar-refractivity contribution >= 4 is 0 Å². The van der Waals surface area contributed by atoms with E-state index in [0.29, 0.717) is 11.8 Å². The maximum Gasteiger partial charge on any atom is 0.0587 e. The van der Waals surface area contributed by atoms with Crippen LogP contribution in [0, 0.1) is 11.8 Å². The van der Waals surface area contributed by atoms with Crippen LogP contribution in [0.1, 0.15) is 38.8 Å². The highest BCUT2D eigenvalue weighted by atomic mass is 16.3. The summed E-state index contributed by atoms with van der Waals surface area (Å²) >= 11 is 0. The molecule has 1 rings (SSSR count). The molecule has 1 unspecified atom stereocenters. The predicted octanol–water partition coefficient (Wildman–Crippen LogP) is 3.55. The molecule has 0 saturated carbocycles. The molecule has 0 fully saturated rings. The Hall–Kier alpha value is -1.12. The van der Waals surface area contributed by atoms with Gasteiger partial charge in [-0.15, -0.1) is 6.58 Å². The lowest BCUT2D eigenvalue weighted by molar-refractivity contribution is 0.189. The first kappa shape index (κ1) is 15.9. The lowest BCUT2D eigenvalue weighted by Crippen LogP contribution is -2.41. The van der Waals surface area contributed by atoms with E-state index in [1.54, 1.807) is 0 Å². The second kappa shape index (κ2) is 8.13. The van der Waals surface area contributed by atoms with E-state index < -0.39 is 0 Å². The van der Waals surface area contributed by atoms with E-state index in [1.165, 1.54) is 5.56 Å². The van der Waals surface area contributed by atoms with Gasteiger partial charge in [0.2, 0.25) is 0 Å². The van der Waals surface area contributed by atoms with Crippen LogP contribution < -0.4 is 5.32 Å². The smallest absolute Gasteiger partial charge is 0.0587 e. The third-order valence-electron chi connectivity index (χ3n) is 3.76. The summed E-state index contributed by atoms with van der Waals surface area (Å²) in [6.45, 7) is 10.5. The van der Waals surface area contributed by atoms with Gasteiger partial charge in [0.1, 0.15) is 0 Å². The molecule has 0 radical (unpaired) electrons. The van der Waals surface area contributed by atoms with Gasteiger partial charge in [-0.05, 0) is 23.8 Å². The van der Waals surface area contributed by atoms with E-state index in [2.05, 4.69) is 56.9 Å². The molecule has 2 nitrogen and oxygen atoms in total. The number of benzene rings is 1. The Morgan fingerprint density at radius 1 is 1.26 bits per heavy atom. The van der Waals surface area contributed by atoms with Gasteiger partial charge in [0.05, 0.1) is 6.61 Å². The Labute approximate surface area is 117 Å². The van der Waals surface area contributed by atoms with Gasteiger partial charge in [-0.25, -0.2) is 0 Å². The molecule has 19 heavy (non-hydrogen) atoms. The molecule has 2 heteroatoms. The maximum atomic E-state index is 9.53. The van der Waals surface area contributed by atoms with E-state index in [9.17, 15) is 5.11 Å². The molecule has 1 aromatic carbocycles. The van der Waals surface area contributed by atoms with Gasteiger partial charge in [-0.3, -0.25) is 0 Å². The third kappa shape index (κ3) is 4.48. The van der Waals surface area contributed by atoms with E-state index in [1.807, 2.05) is 12.1 Å². The molecule has 0 aliphatic carbocycles. The highest BCUT2D eigenvalue weighted by Gasteiger charge is 2.23. The topological polar surface area (TPSA) is 32.3 Å². The van der Waals surface area contributed by atoms with E-state index in [4.69, 9.17) is 0 Å². The summed E-state index contributed by atoms with van der Waals surface area (Å²) < 4.78 is 0. The number of hydrogen-bond donors (Lipinski definition) is 2. The Kier molecular flexibility index (Phi) is 6.82. The van der Waals surface area contributed by atoms with Crippen molar-refractivity contribution in [1.29, 1.82) is 0 Å². The fraction of sp³-hybridized carbons (Fsp3) is 0.529. The summed E-state index contributed by atoms with van der Waals surface area (Å²) in [4.78, 5) is 0. The summed E-state index contributed by atoms with van der Waals surface area (Å²) in [5.41, 5.74) is 1.26. The van der Waals surface area contributed by atoms with Gasteiger partial charge >= 0.3 is 0 Å². The van der Waals surface area contributed by atoms with Crippen molar-refractivity contribution < 1.29 is 5.11 Å². The number of aliphatic hydroxyl groups excluding tert-OH is 1. The maximum absolute atomic E-state index is 9.53. The summed E-state index contributed by atoms with van der Waals surface area (Å²) in [6.07, 6.45) is 3.05. The average molecular weight is 261 g/mol. The van der Waals surface area contributed by atoms with Crippen LogP contribution in [0.25, 0.3) is 0 Å². The summed E-state index contributed by atoms with van der Waals surface area (Å²) in [5.74, 6) is 0.772.